The SMILES string of the molecule is CCCCOCCCCCOCCCNC(=O)OC(C)(C)C. The van der Waals surface area contributed by atoms with Crippen molar-refractivity contribution in [3.05, 3.63) is 0 Å². The van der Waals surface area contributed by atoms with Gasteiger partial charge >= 0.3 is 6.09 Å². The molecule has 0 unspecified atom stereocenters. The topological polar surface area (TPSA) is 56.8 Å². The van der Waals surface area contributed by atoms with E-state index in [1.807, 2.05) is 20.8 Å². The van der Waals surface area contributed by atoms with Gasteiger partial charge in [0.25, 0.3) is 0 Å². The Bertz CT molecular complexity index is 264. The van der Waals surface area contributed by atoms with Crippen LogP contribution < -0.4 is 5.32 Å². The van der Waals surface area contributed by atoms with E-state index in [1.54, 1.807) is 0 Å². The zero-order chi connectivity index (χ0) is 16.7. The summed E-state index contributed by atoms with van der Waals surface area (Å²) in [5, 5.41) is 2.72. The third-order valence-corrected chi connectivity index (χ3v) is 2.85. The standard InChI is InChI=1S/C17H35NO4/c1-5-6-12-20-13-8-7-9-14-21-15-10-11-18-16(19)22-17(2,3)4/h5-15H2,1-4H3,(H,18,19). The number of nitrogens with one attached hydrogen (secondary N) is 1. The van der Waals surface area contributed by atoms with Crippen LogP contribution in [0.1, 0.15) is 66.2 Å². The minimum Gasteiger partial charge on any atom is -0.444 e. The highest BCUT2D eigenvalue weighted by molar-refractivity contribution is 5.67. The van der Waals surface area contributed by atoms with Gasteiger partial charge in [0.1, 0.15) is 5.60 Å². The largest absolute Gasteiger partial charge is 0.444 e. The van der Waals surface area contributed by atoms with Gasteiger partial charge in [-0.3, -0.25) is 0 Å². The van der Waals surface area contributed by atoms with Gasteiger partial charge in [0.15, 0.2) is 0 Å². The molecule has 1 N–H and O–H groups in total. The fourth-order valence-electron chi connectivity index (χ4n) is 1.71. The van der Waals surface area contributed by atoms with Crippen LogP contribution >= 0.6 is 0 Å². The zero-order valence-electron chi connectivity index (χ0n) is 14.9. The number of hydrogen-bond acceptors (Lipinski definition) is 4. The van der Waals surface area contributed by atoms with Crippen molar-refractivity contribution in [2.75, 3.05) is 33.0 Å². The summed E-state index contributed by atoms with van der Waals surface area (Å²) in [5.41, 5.74) is -0.444. The fraction of sp³-hybridized carbons (Fsp3) is 0.941. The molecular weight excluding hydrogens is 282 g/mol. The van der Waals surface area contributed by atoms with E-state index in [0.29, 0.717) is 13.2 Å². The summed E-state index contributed by atoms with van der Waals surface area (Å²) in [6, 6.07) is 0. The van der Waals surface area contributed by atoms with Gasteiger partial charge in [0.05, 0.1) is 0 Å². The van der Waals surface area contributed by atoms with Crippen molar-refractivity contribution in [3.8, 4) is 0 Å². The van der Waals surface area contributed by atoms with Crippen molar-refractivity contribution in [1.82, 2.24) is 5.32 Å². The first-order chi connectivity index (χ1) is 10.5. The molecule has 5 heteroatoms. The van der Waals surface area contributed by atoms with Crippen LogP contribution in [-0.2, 0) is 14.2 Å². The van der Waals surface area contributed by atoms with E-state index in [9.17, 15) is 4.79 Å². The van der Waals surface area contributed by atoms with Gasteiger partial charge in [-0.25, -0.2) is 4.79 Å². The smallest absolute Gasteiger partial charge is 0.407 e. The second-order valence-electron chi connectivity index (χ2n) is 6.42. The Morgan fingerprint density at radius 1 is 0.864 bits per heavy atom. The molecule has 0 saturated carbocycles. The van der Waals surface area contributed by atoms with Gasteiger partial charge in [0.2, 0.25) is 0 Å². The third kappa shape index (κ3) is 17.2. The first kappa shape index (κ1) is 21.2. The Morgan fingerprint density at radius 2 is 1.41 bits per heavy atom. The molecule has 22 heavy (non-hydrogen) atoms. The van der Waals surface area contributed by atoms with Crippen molar-refractivity contribution in [2.45, 2.75) is 71.8 Å². The zero-order valence-corrected chi connectivity index (χ0v) is 14.9. The van der Waals surface area contributed by atoms with Gasteiger partial charge in [-0.1, -0.05) is 13.3 Å². The minimum absolute atomic E-state index is 0.365. The molecule has 0 aliphatic carbocycles. The normalized spacial score (nSPS) is 11.5. The highest BCUT2D eigenvalue weighted by atomic mass is 16.6. The Hall–Kier alpha value is -0.810. The van der Waals surface area contributed by atoms with Crippen LogP contribution in [0.4, 0.5) is 4.79 Å². The lowest BCUT2D eigenvalue weighted by molar-refractivity contribution is 0.0519. The molecule has 0 fully saturated rings. The molecule has 0 spiro atoms. The van der Waals surface area contributed by atoms with Crippen LogP contribution in [0.2, 0.25) is 0 Å². The second kappa shape index (κ2) is 13.8. The maximum atomic E-state index is 11.4. The summed E-state index contributed by atoms with van der Waals surface area (Å²) < 4.78 is 16.2. The summed E-state index contributed by atoms with van der Waals surface area (Å²) in [6.45, 7) is 11.5. The van der Waals surface area contributed by atoms with Crippen LogP contribution in [0.15, 0.2) is 0 Å². The van der Waals surface area contributed by atoms with E-state index in [4.69, 9.17) is 14.2 Å². The molecule has 132 valence electrons. The highest BCUT2D eigenvalue weighted by Crippen LogP contribution is 2.06. The molecule has 1 amide bonds. The summed E-state index contributed by atoms with van der Waals surface area (Å²) >= 11 is 0. The molecule has 0 aromatic heterocycles. The van der Waals surface area contributed by atoms with Gasteiger partial charge in [0, 0.05) is 33.0 Å². The molecule has 0 aromatic rings. The average Bonchev–Trinajstić information content (AvgIpc) is 2.42. The van der Waals surface area contributed by atoms with Crippen molar-refractivity contribution in [3.63, 3.8) is 0 Å². The van der Waals surface area contributed by atoms with E-state index in [0.717, 1.165) is 51.9 Å². The maximum absolute atomic E-state index is 11.4. The first-order valence-corrected chi connectivity index (χ1v) is 8.58. The van der Waals surface area contributed by atoms with Crippen molar-refractivity contribution >= 4 is 6.09 Å². The molecule has 5 nitrogen and oxygen atoms in total. The summed E-state index contributed by atoms with van der Waals surface area (Å²) in [6.07, 6.45) is 6.10. The number of rotatable bonds is 13. The van der Waals surface area contributed by atoms with Crippen molar-refractivity contribution < 1.29 is 19.0 Å². The Balaban J connectivity index is 3.16. The number of amides is 1. The third-order valence-electron chi connectivity index (χ3n) is 2.85. The summed E-state index contributed by atoms with van der Waals surface area (Å²) in [5.74, 6) is 0. The molecule has 0 aliphatic heterocycles. The molecule has 0 aromatic carbocycles. The lowest BCUT2D eigenvalue weighted by Crippen LogP contribution is -2.33. The Morgan fingerprint density at radius 3 is 1.95 bits per heavy atom. The maximum Gasteiger partial charge on any atom is 0.407 e. The van der Waals surface area contributed by atoms with Crippen LogP contribution in [0.25, 0.3) is 0 Å². The minimum atomic E-state index is -0.444. The quantitative estimate of drug-likeness (QED) is 0.523. The number of alkyl carbamates (subject to hydrolysis) is 1. The lowest BCUT2D eigenvalue weighted by atomic mass is 10.2. The van der Waals surface area contributed by atoms with E-state index in [2.05, 4.69) is 12.2 Å². The van der Waals surface area contributed by atoms with Crippen LogP contribution in [0.3, 0.4) is 0 Å². The summed E-state index contributed by atoms with van der Waals surface area (Å²) in [4.78, 5) is 11.4. The van der Waals surface area contributed by atoms with Gasteiger partial charge in [-0.2, -0.15) is 0 Å². The molecule has 0 radical (unpaired) electrons. The van der Waals surface area contributed by atoms with Gasteiger partial charge < -0.3 is 19.5 Å². The second-order valence-corrected chi connectivity index (χ2v) is 6.42. The fourth-order valence-corrected chi connectivity index (χ4v) is 1.71. The van der Waals surface area contributed by atoms with Crippen molar-refractivity contribution in [2.24, 2.45) is 0 Å². The molecule has 0 aliphatic rings. The Labute approximate surface area is 136 Å². The monoisotopic (exact) mass is 317 g/mol. The highest BCUT2D eigenvalue weighted by Gasteiger charge is 2.15. The van der Waals surface area contributed by atoms with E-state index in [-0.39, 0.29) is 6.09 Å². The molecular formula is C17H35NO4. The van der Waals surface area contributed by atoms with E-state index >= 15 is 0 Å². The molecule has 0 bridgehead atoms. The van der Waals surface area contributed by atoms with Gasteiger partial charge in [-0.15, -0.1) is 0 Å². The average molecular weight is 317 g/mol. The molecule has 0 rings (SSSR count). The van der Waals surface area contributed by atoms with E-state index < -0.39 is 5.60 Å². The van der Waals surface area contributed by atoms with E-state index in [1.165, 1.54) is 6.42 Å². The Kier molecular flexibility index (Phi) is 13.3. The number of ether oxygens (including phenoxy) is 3. The number of unbranched alkanes of at least 4 members (excludes halogenated alkanes) is 3. The number of carbonyl (C=O) groups is 1. The number of carbonyl (C=O) groups excluding carboxylic acids is 1. The van der Waals surface area contributed by atoms with Crippen LogP contribution in [-0.4, -0.2) is 44.7 Å². The predicted molar refractivity (Wildman–Crippen MR) is 89.3 cm³/mol. The van der Waals surface area contributed by atoms with Crippen molar-refractivity contribution in [1.29, 1.82) is 0 Å². The number of hydrogen-bond donors (Lipinski definition) is 1. The van der Waals surface area contributed by atoms with Crippen LogP contribution in [0.5, 0.6) is 0 Å². The molecule has 0 saturated heterocycles. The molecule has 0 atom stereocenters. The first-order valence-electron chi connectivity index (χ1n) is 8.58. The molecule has 0 heterocycles. The summed E-state index contributed by atoms with van der Waals surface area (Å²) in [7, 11) is 0. The van der Waals surface area contributed by atoms with Crippen LogP contribution in [0, 0.1) is 0 Å². The predicted octanol–water partition coefficient (Wildman–Crippen LogP) is 3.90. The lowest BCUT2D eigenvalue weighted by Gasteiger charge is -2.19. The van der Waals surface area contributed by atoms with Gasteiger partial charge in [-0.05, 0) is 52.9 Å².